The van der Waals surface area contributed by atoms with Crippen LogP contribution >= 0.6 is 0 Å². The first-order chi connectivity index (χ1) is 13.5. The van der Waals surface area contributed by atoms with Crippen LogP contribution in [0, 0.1) is 0 Å². The van der Waals surface area contributed by atoms with Crippen LogP contribution in [0.15, 0.2) is 35.5 Å². The average molecular weight is 392 g/mol. The Labute approximate surface area is 163 Å². The Morgan fingerprint density at radius 3 is 2.36 bits per heavy atom. The summed E-state index contributed by atoms with van der Waals surface area (Å²) < 4.78 is 20.6. The number of ether oxygens (including phenoxy) is 4. The van der Waals surface area contributed by atoms with E-state index in [-0.39, 0.29) is 31.1 Å². The maximum absolute atomic E-state index is 12.2. The van der Waals surface area contributed by atoms with Gasteiger partial charge < -0.3 is 29.6 Å². The summed E-state index contributed by atoms with van der Waals surface area (Å²) in [5.41, 5.74) is 0.444. The molecule has 0 saturated heterocycles. The summed E-state index contributed by atoms with van der Waals surface area (Å²) in [4.78, 5) is 36.0. The molecule has 0 aromatic heterocycles. The molecule has 2 N–H and O–H groups in total. The average Bonchev–Trinajstić information content (AvgIpc) is 2.70. The molecular formula is C19H24N2O7. The summed E-state index contributed by atoms with van der Waals surface area (Å²) >= 11 is 0. The molecule has 0 bridgehead atoms. The highest BCUT2D eigenvalue weighted by Crippen LogP contribution is 2.18. The molecule has 1 aromatic carbocycles. The largest absolute Gasteiger partial charge is 0.497 e. The second-order valence-electron chi connectivity index (χ2n) is 5.80. The van der Waals surface area contributed by atoms with Gasteiger partial charge in [-0.2, -0.15) is 0 Å². The van der Waals surface area contributed by atoms with Crippen LogP contribution in [0.25, 0.3) is 0 Å². The van der Waals surface area contributed by atoms with Gasteiger partial charge in [-0.3, -0.25) is 0 Å². The first-order valence-electron chi connectivity index (χ1n) is 8.88. The molecule has 1 aliphatic heterocycles. The molecule has 1 aromatic rings. The van der Waals surface area contributed by atoms with Gasteiger partial charge in [-0.05, 0) is 37.6 Å². The minimum atomic E-state index is -0.646. The number of esters is 2. The van der Waals surface area contributed by atoms with E-state index in [1.165, 1.54) is 0 Å². The van der Waals surface area contributed by atoms with E-state index >= 15 is 0 Å². The molecular weight excluding hydrogens is 368 g/mol. The normalized spacial score (nSPS) is 16.0. The summed E-state index contributed by atoms with van der Waals surface area (Å²) in [6.07, 6.45) is 0.486. The SMILES string of the molecule is CCOC(=O)C1=C(COC(=O)COc2ccc(OC)cc2)NC(=O)N[C@H]1CC. The van der Waals surface area contributed by atoms with Crippen LogP contribution in [0.4, 0.5) is 4.79 Å². The fourth-order valence-corrected chi connectivity index (χ4v) is 2.58. The van der Waals surface area contributed by atoms with Gasteiger partial charge in [-0.1, -0.05) is 6.92 Å². The van der Waals surface area contributed by atoms with Crippen molar-refractivity contribution < 1.29 is 33.3 Å². The van der Waals surface area contributed by atoms with E-state index in [2.05, 4.69) is 10.6 Å². The molecule has 152 valence electrons. The molecule has 2 rings (SSSR count). The van der Waals surface area contributed by atoms with Gasteiger partial charge in [-0.15, -0.1) is 0 Å². The zero-order chi connectivity index (χ0) is 20.5. The Morgan fingerprint density at radius 2 is 1.75 bits per heavy atom. The molecule has 9 heteroatoms. The lowest BCUT2D eigenvalue weighted by Crippen LogP contribution is -2.51. The van der Waals surface area contributed by atoms with Crippen molar-refractivity contribution in [2.24, 2.45) is 0 Å². The van der Waals surface area contributed by atoms with Gasteiger partial charge in [0.25, 0.3) is 0 Å². The lowest BCUT2D eigenvalue weighted by Gasteiger charge is -2.28. The van der Waals surface area contributed by atoms with Crippen LogP contribution < -0.4 is 20.1 Å². The topological polar surface area (TPSA) is 112 Å². The smallest absolute Gasteiger partial charge is 0.344 e. The Bertz CT molecular complexity index is 743. The van der Waals surface area contributed by atoms with Crippen LogP contribution in [-0.2, 0) is 19.1 Å². The number of benzene rings is 1. The third kappa shape index (κ3) is 5.63. The molecule has 1 aliphatic rings. The first-order valence-corrected chi connectivity index (χ1v) is 8.88. The van der Waals surface area contributed by atoms with Crippen LogP contribution in [0.5, 0.6) is 11.5 Å². The Kier molecular flexibility index (Phi) is 7.67. The summed E-state index contributed by atoms with van der Waals surface area (Å²) in [6.45, 7) is 3.10. The monoisotopic (exact) mass is 392 g/mol. The number of amides is 2. The minimum absolute atomic E-state index is 0.190. The van der Waals surface area contributed by atoms with Gasteiger partial charge in [0.1, 0.15) is 18.1 Å². The van der Waals surface area contributed by atoms with Crippen molar-refractivity contribution in [1.29, 1.82) is 0 Å². The molecule has 0 spiro atoms. The standard InChI is InChI=1S/C19H24N2O7/c1-4-14-17(18(23)26-5-2)15(21-19(24)20-14)10-28-16(22)11-27-13-8-6-12(25-3)7-9-13/h6-9,14H,4-5,10-11H2,1-3H3,(H2,20,21,24)/t14-/m0/s1. The van der Waals surface area contributed by atoms with E-state index in [4.69, 9.17) is 18.9 Å². The third-order valence-electron chi connectivity index (χ3n) is 3.94. The quantitative estimate of drug-likeness (QED) is 0.613. The maximum atomic E-state index is 12.2. The van der Waals surface area contributed by atoms with E-state index in [0.29, 0.717) is 17.9 Å². The molecule has 1 atom stereocenters. The molecule has 0 aliphatic carbocycles. The highest BCUT2D eigenvalue weighted by Gasteiger charge is 2.32. The summed E-state index contributed by atoms with van der Waals surface area (Å²) in [5.74, 6) is -0.0689. The van der Waals surface area contributed by atoms with Gasteiger partial charge in [0.2, 0.25) is 0 Å². The first kappa shape index (κ1) is 21.1. The lowest BCUT2D eigenvalue weighted by molar-refractivity contribution is -0.145. The number of urea groups is 1. The van der Waals surface area contributed by atoms with Crippen LogP contribution in [-0.4, -0.2) is 50.9 Å². The van der Waals surface area contributed by atoms with E-state index < -0.39 is 24.0 Å². The predicted octanol–water partition coefficient (Wildman–Crippen LogP) is 1.53. The van der Waals surface area contributed by atoms with Crippen molar-refractivity contribution in [1.82, 2.24) is 10.6 Å². The molecule has 0 fully saturated rings. The Morgan fingerprint density at radius 1 is 1.07 bits per heavy atom. The van der Waals surface area contributed by atoms with Crippen molar-refractivity contribution in [3.63, 3.8) is 0 Å². The number of carbonyl (C=O) groups excluding carboxylic acids is 3. The van der Waals surface area contributed by atoms with Gasteiger partial charge in [0.15, 0.2) is 6.61 Å². The molecule has 0 radical (unpaired) electrons. The molecule has 0 unspecified atom stereocenters. The molecule has 28 heavy (non-hydrogen) atoms. The fraction of sp³-hybridized carbons (Fsp3) is 0.421. The van der Waals surface area contributed by atoms with Gasteiger partial charge in [-0.25, -0.2) is 14.4 Å². The molecule has 1 heterocycles. The van der Waals surface area contributed by atoms with Crippen LogP contribution in [0.1, 0.15) is 20.3 Å². The fourth-order valence-electron chi connectivity index (χ4n) is 2.58. The van der Waals surface area contributed by atoms with Crippen molar-refractivity contribution in [2.45, 2.75) is 26.3 Å². The third-order valence-corrected chi connectivity index (χ3v) is 3.94. The second kappa shape index (κ2) is 10.2. The molecule has 2 amide bonds. The zero-order valence-electron chi connectivity index (χ0n) is 16.1. The van der Waals surface area contributed by atoms with Gasteiger partial charge in [0.05, 0.1) is 31.0 Å². The maximum Gasteiger partial charge on any atom is 0.344 e. The van der Waals surface area contributed by atoms with Gasteiger partial charge >= 0.3 is 18.0 Å². The minimum Gasteiger partial charge on any atom is -0.497 e. The van der Waals surface area contributed by atoms with Crippen molar-refractivity contribution in [3.8, 4) is 11.5 Å². The highest BCUT2D eigenvalue weighted by molar-refractivity contribution is 5.94. The van der Waals surface area contributed by atoms with E-state index in [1.807, 2.05) is 6.92 Å². The summed E-state index contributed by atoms with van der Waals surface area (Å²) in [6, 6.07) is 5.73. The highest BCUT2D eigenvalue weighted by atomic mass is 16.6. The van der Waals surface area contributed by atoms with Crippen molar-refractivity contribution in [3.05, 3.63) is 35.5 Å². The number of rotatable bonds is 9. The molecule has 9 nitrogen and oxygen atoms in total. The number of nitrogens with one attached hydrogen (secondary N) is 2. The van der Waals surface area contributed by atoms with Crippen molar-refractivity contribution >= 4 is 18.0 Å². The predicted molar refractivity (Wildman–Crippen MR) is 98.9 cm³/mol. The summed E-state index contributed by atoms with van der Waals surface area (Å²) in [7, 11) is 1.55. The molecule has 0 saturated carbocycles. The van der Waals surface area contributed by atoms with Gasteiger partial charge in [0, 0.05) is 0 Å². The van der Waals surface area contributed by atoms with Crippen molar-refractivity contribution in [2.75, 3.05) is 26.9 Å². The number of hydrogen-bond acceptors (Lipinski definition) is 7. The number of hydrogen-bond donors (Lipinski definition) is 2. The summed E-state index contributed by atoms with van der Waals surface area (Å²) in [5, 5.41) is 5.15. The van der Waals surface area contributed by atoms with E-state index in [1.54, 1.807) is 38.3 Å². The lowest BCUT2D eigenvalue weighted by atomic mass is 10.0. The Balaban J connectivity index is 1.98. The van der Waals surface area contributed by atoms with E-state index in [9.17, 15) is 14.4 Å². The van der Waals surface area contributed by atoms with Crippen LogP contribution in [0.2, 0.25) is 0 Å². The second-order valence-corrected chi connectivity index (χ2v) is 5.80. The van der Waals surface area contributed by atoms with Crippen LogP contribution in [0.3, 0.4) is 0 Å². The number of methoxy groups -OCH3 is 1. The Hall–Kier alpha value is -3.23. The van der Waals surface area contributed by atoms with E-state index in [0.717, 1.165) is 0 Å². The zero-order valence-corrected chi connectivity index (χ0v) is 16.1. The number of carbonyl (C=O) groups is 3.